The number of anilines is 1. The molecule has 0 aliphatic rings. The minimum absolute atomic E-state index is 0.0513. The van der Waals surface area contributed by atoms with Crippen LogP contribution in [0, 0.1) is 29.2 Å². The summed E-state index contributed by atoms with van der Waals surface area (Å²) < 4.78 is 71.0. The third kappa shape index (κ3) is 11.6. The molecule has 3 rings (SSSR count). The van der Waals surface area contributed by atoms with Gasteiger partial charge in [-0.15, -0.1) is 0 Å². The number of benzene rings is 3. The summed E-state index contributed by atoms with van der Waals surface area (Å²) in [5, 5.41) is 6.94. The van der Waals surface area contributed by atoms with Gasteiger partial charge in [0.15, 0.2) is 23.2 Å². The molecule has 0 spiro atoms. The maximum Gasteiger partial charge on any atom is 0.313 e. The van der Waals surface area contributed by atoms with Crippen LogP contribution in [0.15, 0.2) is 60.7 Å². The van der Waals surface area contributed by atoms with Crippen molar-refractivity contribution in [2.75, 3.05) is 11.9 Å². The molecule has 268 valence electrons. The second kappa shape index (κ2) is 17.3. The van der Waals surface area contributed by atoms with E-state index >= 15 is 0 Å². The Morgan fingerprint density at radius 3 is 1.94 bits per heavy atom. The molecule has 0 fully saturated rings. The monoisotopic (exact) mass is 703 g/mol. The van der Waals surface area contributed by atoms with Gasteiger partial charge in [-0.2, -0.15) is 8.78 Å². The number of Topliss-reactive ketones (excluding diaryl/α,β-unsaturated/α-hetero) is 1. The molecule has 0 bridgehead atoms. The van der Waals surface area contributed by atoms with Crippen LogP contribution < -0.4 is 25.4 Å². The lowest BCUT2D eigenvalue weighted by Gasteiger charge is -2.26. The van der Waals surface area contributed by atoms with Gasteiger partial charge in [0.25, 0.3) is 0 Å². The molecule has 3 amide bonds. The van der Waals surface area contributed by atoms with E-state index in [1.54, 1.807) is 12.1 Å². The van der Waals surface area contributed by atoms with E-state index in [9.17, 15) is 41.5 Å². The maximum atomic E-state index is 14.1. The van der Waals surface area contributed by atoms with Crippen LogP contribution in [-0.4, -0.2) is 53.8 Å². The number of carbonyl (C=O) groups is 5. The summed E-state index contributed by atoms with van der Waals surface area (Å²) in [4.78, 5) is 64.5. The van der Waals surface area contributed by atoms with Crippen molar-refractivity contribution in [3.8, 4) is 11.5 Å². The van der Waals surface area contributed by atoms with Crippen LogP contribution in [0.2, 0.25) is 0 Å². The molecule has 0 aliphatic carbocycles. The average Bonchev–Trinajstić information content (AvgIpc) is 3.04. The summed E-state index contributed by atoms with van der Waals surface area (Å²) in [6, 6.07) is 12.4. The molecule has 15 heteroatoms. The first-order valence-corrected chi connectivity index (χ1v) is 15.3. The average molecular weight is 704 g/mol. The van der Waals surface area contributed by atoms with E-state index in [1.165, 1.54) is 46.8 Å². The Bertz CT molecular complexity index is 1670. The van der Waals surface area contributed by atoms with E-state index < -0.39 is 95.1 Å². The van der Waals surface area contributed by atoms with Crippen molar-refractivity contribution in [3.05, 3.63) is 89.5 Å². The SMILES string of the molecule is CC(C)C(NC(=O)C(=O)Nc1ccc(OCc2ccccc2)cc1)C(=O)NC(CC(=O)OC(C)(C)C)C(=O)COc1c(F)c(F)cc(F)c1F. The molecule has 0 radical (unpaired) electrons. The number of carbonyl (C=O) groups excluding carboxylic acids is 5. The van der Waals surface area contributed by atoms with Gasteiger partial charge in [0.1, 0.15) is 36.6 Å². The van der Waals surface area contributed by atoms with E-state index in [0.29, 0.717) is 12.4 Å². The Hall–Kier alpha value is -5.47. The van der Waals surface area contributed by atoms with Gasteiger partial charge in [-0.05, 0) is 56.5 Å². The van der Waals surface area contributed by atoms with E-state index in [4.69, 9.17) is 14.2 Å². The Labute approximate surface area is 285 Å². The van der Waals surface area contributed by atoms with Crippen molar-refractivity contribution in [1.29, 1.82) is 0 Å². The van der Waals surface area contributed by atoms with Crippen molar-refractivity contribution >= 4 is 35.2 Å². The molecule has 11 nitrogen and oxygen atoms in total. The molecular formula is C35H37F4N3O8. The molecule has 2 atom stereocenters. The zero-order valence-electron chi connectivity index (χ0n) is 27.9. The van der Waals surface area contributed by atoms with Crippen LogP contribution in [0.25, 0.3) is 0 Å². The Morgan fingerprint density at radius 1 is 0.780 bits per heavy atom. The summed E-state index contributed by atoms with van der Waals surface area (Å²) in [7, 11) is 0. The predicted octanol–water partition coefficient (Wildman–Crippen LogP) is 4.77. The fourth-order valence-electron chi connectivity index (χ4n) is 4.28. The molecule has 3 aromatic carbocycles. The molecule has 0 heterocycles. The molecule has 0 saturated carbocycles. The van der Waals surface area contributed by atoms with Crippen molar-refractivity contribution in [1.82, 2.24) is 10.6 Å². The molecule has 50 heavy (non-hydrogen) atoms. The van der Waals surface area contributed by atoms with E-state index in [0.717, 1.165) is 5.56 Å². The molecule has 0 saturated heterocycles. The van der Waals surface area contributed by atoms with Crippen LogP contribution in [0.5, 0.6) is 11.5 Å². The fraction of sp³-hybridized carbons (Fsp3) is 0.343. The van der Waals surface area contributed by atoms with Crippen LogP contribution in [0.1, 0.15) is 46.6 Å². The summed E-state index contributed by atoms with van der Waals surface area (Å²) in [6.07, 6.45) is -0.794. The highest BCUT2D eigenvalue weighted by Gasteiger charge is 2.33. The number of hydrogen-bond donors (Lipinski definition) is 3. The smallest absolute Gasteiger partial charge is 0.313 e. The first-order chi connectivity index (χ1) is 23.4. The highest BCUT2D eigenvalue weighted by atomic mass is 19.2. The van der Waals surface area contributed by atoms with Crippen LogP contribution in [-0.2, 0) is 35.3 Å². The van der Waals surface area contributed by atoms with Gasteiger partial charge < -0.3 is 30.2 Å². The highest BCUT2D eigenvalue weighted by Crippen LogP contribution is 2.26. The minimum atomic E-state index is -1.90. The summed E-state index contributed by atoms with van der Waals surface area (Å²) in [5.74, 6) is -14.5. The van der Waals surface area contributed by atoms with Gasteiger partial charge in [0, 0.05) is 11.8 Å². The summed E-state index contributed by atoms with van der Waals surface area (Å²) in [5.41, 5.74) is 0.190. The molecular weight excluding hydrogens is 666 g/mol. The normalized spacial score (nSPS) is 12.4. The number of ketones is 1. The number of hydrogen-bond acceptors (Lipinski definition) is 8. The molecule has 3 N–H and O–H groups in total. The highest BCUT2D eigenvalue weighted by molar-refractivity contribution is 6.40. The van der Waals surface area contributed by atoms with E-state index in [1.807, 2.05) is 30.3 Å². The first kappa shape index (κ1) is 39.0. The molecule has 0 aliphatic heterocycles. The predicted molar refractivity (Wildman–Crippen MR) is 172 cm³/mol. The van der Waals surface area contributed by atoms with Gasteiger partial charge >= 0.3 is 17.8 Å². The van der Waals surface area contributed by atoms with Crippen molar-refractivity contribution < 1.29 is 55.7 Å². The van der Waals surface area contributed by atoms with Crippen LogP contribution in [0.3, 0.4) is 0 Å². The largest absolute Gasteiger partial charge is 0.489 e. The van der Waals surface area contributed by atoms with Gasteiger partial charge in [-0.25, -0.2) is 8.78 Å². The fourth-order valence-corrected chi connectivity index (χ4v) is 4.28. The van der Waals surface area contributed by atoms with Crippen LogP contribution >= 0.6 is 0 Å². The number of amides is 3. The van der Waals surface area contributed by atoms with Crippen molar-refractivity contribution in [2.45, 2.75) is 65.3 Å². The van der Waals surface area contributed by atoms with Gasteiger partial charge in [0.2, 0.25) is 17.5 Å². The van der Waals surface area contributed by atoms with Crippen LogP contribution in [0.4, 0.5) is 23.2 Å². The second-order valence-electron chi connectivity index (χ2n) is 12.4. The second-order valence-corrected chi connectivity index (χ2v) is 12.4. The number of nitrogens with one attached hydrogen (secondary N) is 3. The molecule has 2 unspecified atom stereocenters. The lowest BCUT2D eigenvalue weighted by Crippen LogP contribution is -2.56. The molecule has 0 aromatic heterocycles. The van der Waals surface area contributed by atoms with Gasteiger partial charge in [-0.3, -0.25) is 24.0 Å². The molecule has 3 aromatic rings. The zero-order valence-corrected chi connectivity index (χ0v) is 27.9. The summed E-state index contributed by atoms with van der Waals surface area (Å²) in [6.45, 7) is 6.74. The number of esters is 1. The number of ether oxygens (including phenoxy) is 3. The Balaban J connectivity index is 1.67. The number of halogens is 4. The number of rotatable bonds is 14. The first-order valence-electron chi connectivity index (χ1n) is 15.3. The topological polar surface area (TPSA) is 149 Å². The van der Waals surface area contributed by atoms with Gasteiger partial charge in [-0.1, -0.05) is 44.2 Å². The zero-order chi connectivity index (χ0) is 37.2. The third-order valence-corrected chi connectivity index (χ3v) is 6.73. The van der Waals surface area contributed by atoms with Gasteiger partial charge in [0.05, 0.1) is 6.42 Å². The quantitative estimate of drug-likeness (QED) is 0.0942. The summed E-state index contributed by atoms with van der Waals surface area (Å²) >= 11 is 0. The van der Waals surface area contributed by atoms with Crippen molar-refractivity contribution in [3.63, 3.8) is 0 Å². The lowest BCUT2D eigenvalue weighted by atomic mass is 10.0. The lowest BCUT2D eigenvalue weighted by molar-refractivity contribution is -0.156. The van der Waals surface area contributed by atoms with E-state index in [-0.39, 0.29) is 11.8 Å². The Morgan fingerprint density at radius 2 is 1.38 bits per heavy atom. The van der Waals surface area contributed by atoms with E-state index in [2.05, 4.69) is 16.0 Å². The maximum absolute atomic E-state index is 14.1. The standard InChI is InChI=1S/C35H37F4N3O8/c1-19(2)30(42-34(47)33(46)40-21-11-13-22(14-12-21)48-17-20-9-7-6-8-10-20)32(45)41-25(16-27(44)50-35(3,4)5)26(43)18-49-31-28(38)23(36)15-24(37)29(31)39/h6-15,19,25,30H,16-18H2,1-5H3,(H,40,46)(H,41,45)(H,42,47). The minimum Gasteiger partial charge on any atom is -0.489 e. The third-order valence-electron chi connectivity index (χ3n) is 6.73. The Kier molecular flexibility index (Phi) is 13.5. The van der Waals surface area contributed by atoms with Crippen molar-refractivity contribution in [2.24, 2.45) is 5.92 Å².